The zero-order valence-corrected chi connectivity index (χ0v) is 16.8. The normalized spacial score (nSPS) is 10.8. The van der Waals surface area contributed by atoms with Crippen LogP contribution >= 0.6 is 27.3 Å². The summed E-state index contributed by atoms with van der Waals surface area (Å²) in [4.78, 5) is 29.5. The fourth-order valence-electron chi connectivity index (χ4n) is 2.59. The van der Waals surface area contributed by atoms with E-state index in [0.29, 0.717) is 14.7 Å². The molecule has 0 aliphatic carbocycles. The van der Waals surface area contributed by atoms with Gasteiger partial charge in [-0.2, -0.15) is 0 Å². The van der Waals surface area contributed by atoms with Crippen LogP contribution in [0, 0.1) is 19.7 Å². The molecule has 6 nitrogen and oxygen atoms in total. The Labute approximate surface area is 166 Å². The Bertz CT molecular complexity index is 1070. The van der Waals surface area contributed by atoms with Crippen molar-refractivity contribution in [2.45, 2.75) is 13.8 Å². The molecule has 3 aromatic rings. The second-order valence-electron chi connectivity index (χ2n) is 5.85. The number of carbonyl (C=O) groups excluding carboxylic acids is 2. The van der Waals surface area contributed by atoms with Crippen molar-refractivity contribution in [1.29, 1.82) is 0 Å². The summed E-state index contributed by atoms with van der Waals surface area (Å²) in [6.07, 6.45) is 0. The predicted octanol–water partition coefficient (Wildman–Crippen LogP) is 4.19. The molecule has 1 aromatic carbocycles. The highest BCUT2D eigenvalue weighted by molar-refractivity contribution is 9.10. The van der Waals surface area contributed by atoms with Gasteiger partial charge in [-0.05, 0) is 43.7 Å². The number of fused-ring (bicyclic) bond motifs is 1. The molecule has 0 bridgehead atoms. The van der Waals surface area contributed by atoms with Crippen LogP contribution in [-0.2, 0) is 9.53 Å². The number of nitrogens with one attached hydrogen (secondary N) is 1. The first kappa shape index (κ1) is 19.2. The van der Waals surface area contributed by atoms with Crippen LogP contribution in [0.25, 0.3) is 10.2 Å². The van der Waals surface area contributed by atoms with Crippen LogP contribution in [0.5, 0.6) is 0 Å². The number of nitrogen functional groups attached to an aromatic ring is 1. The minimum atomic E-state index is -0.723. The molecule has 0 saturated carbocycles. The van der Waals surface area contributed by atoms with Gasteiger partial charge in [0.2, 0.25) is 0 Å². The average Bonchev–Trinajstić information content (AvgIpc) is 2.92. The number of rotatable bonds is 4. The molecule has 0 unspecified atom stereocenters. The van der Waals surface area contributed by atoms with E-state index in [1.807, 2.05) is 19.9 Å². The minimum absolute atomic E-state index is 0.00377. The molecule has 2 heterocycles. The van der Waals surface area contributed by atoms with Gasteiger partial charge in [-0.15, -0.1) is 11.3 Å². The predicted molar refractivity (Wildman–Crippen MR) is 107 cm³/mol. The van der Waals surface area contributed by atoms with E-state index < -0.39 is 24.3 Å². The summed E-state index contributed by atoms with van der Waals surface area (Å²) < 4.78 is 19.3. The summed E-state index contributed by atoms with van der Waals surface area (Å²) in [5, 5.41) is 3.06. The van der Waals surface area contributed by atoms with Crippen LogP contribution in [0.15, 0.2) is 28.7 Å². The highest BCUT2D eigenvalue weighted by Crippen LogP contribution is 2.35. The third-order valence-corrected chi connectivity index (χ3v) is 5.32. The lowest BCUT2D eigenvalue weighted by atomic mass is 10.1. The zero-order valence-electron chi connectivity index (χ0n) is 14.4. The molecule has 0 aliphatic rings. The second kappa shape index (κ2) is 7.61. The standard InChI is InChI=1S/C18H15BrFN3O3S/c1-8-5-9(2)22-17-14(8)15(21)16(27-17)18(25)26-7-13(24)23-12-4-3-10(19)6-11(12)20/h3-6H,7,21H2,1-2H3,(H,23,24). The van der Waals surface area contributed by atoms with Crippen LogP contribution in [-0.4, -0.2) is 23.5 Å². The number of carbonyl (C=O) groups is 2. The maximum absolute atomic E-state index is 13.7. The van der Waals surface area contributed by atoms with E-state index in [1.165, 1.54) is 12.1 Å². The molecule has 9 heteroatoms. The molecule has 0 spiro atoms. The number of ether oxygens (including phenoxy) is 1. The van der Waals surface area contributed by atoms with Crippen molar-refractivity contribution in [3.63, 3.8) is 0 Å². The molecule has 2 aromatic heterocycles. The van der Waals surface area contributed by atoms with E-state index in [1.54, 1.807) is 6.07 Å². The van der Waals surface area contributed by atoms with Crippen molar-refractivity contribution >= 4 is 60.7 Å². The van der Waals surface area contributed by atoms with E-state index in [-0.39, 0.29) is 16.3 Å². The molecule has 3 rings (SSSR count). The van der Waals surface area contributed by atoms with Crippen molar-refractivity contribution < 1.29 is 18.7 Å². The average molecular weight is 452 g/mol. The topological polar surface area (TPSA) is 94.3 Å². The highest BCUT2D eigenvalue weighted by Gasteiger charge is 2.21. The maximum atomic E-state index is 13.7. The molecule has 0 aliphatic heterocycles. The number of esters is 1. The van der Waals surface area contributed by atoms with Gasteiger partial charge < -0.3 is 15.8 Å². The maximum Gasteiger partial charge on any atom is 0.351 e. The molecule has 0 saturated heterocycles. The zero-order chi connectivity index (χ0) is 19.7. The fourth-order valence-corrected chi connectivity index (χ4v) is 4.04. The number of amides is 1. The monoisotopic (exact) mass is 451 g/mol. The smallest absolute Gasteiger partial charge is 0.351 e. The summed E-state index contributed by atoms with van der Waals surface area (Å²) >= 11 is 4.24. The molecule has 0 fully saturated rings. The Morgan fingerprint density at radius 2 is 2.07 bits per heavy atom. The van der Waals surface area contributed by atoms with Gasteiger partial charge >= 0.3 is 5.97 Å². The number of benzene rings is 1. The molecule has 1 amide bonds. The molecule has 0 radical (unpaired) electrons. The van der Waals surface area contributed by atoms with Gasteiger partial charge in [0.1, 0.15) is 15.5 Å². The number of aryl methyl sites for hydroxylation is 2. The van der Waals surface area contributed by atoms with Gasteiger partial charge in [0.15, 0.2) is 6.61 Å². The number of hydrogen-bond acceptors (Lipinski definition) is 6. The highest BCUT2D eigenvalue weighted by atomic mass is 79.9. The van der Waals surface area contributed by atoms with Gasteiger partial charge in [0.05, 0.1) is 11.4 Å². The summed E-state index contributed by atoms with van der Waals surface area (Å²) in [5.41, 5.74) is 8.08. The van der Waals surface area contributed by atoms with Crippen molar-refractivity contribution in [2.75, 3.05) is 17.7 Å². The Morgan fingerprint density at radius 3 is 2.78 bits per heavy atom. The first-order valence-electron chi connectivity index (χ1n) is 7.84. The van der Waals surface area contributed by atoms with E-state index in [4.69, 9.17) is 10.5 Å². The summed E-state index contributed by atoms with van der Waals surface area (Å²) in [5.74, 6) is -1.98. The SMILES string of the molecule is Cc1cc(C)c2c(N)c(C(=O)OCC(=O)Nc3ccc(Br)cc3F)sc2n1. The summed E-state index contributed by atoms with van der Waals surface area (Å²) in [6, 6.07) is 6.08. The van der Waals surface area contributed by atoms with Crippen molar-refractivity contribution in [3.8, 4) is 0 Å². The van der Waals surface area contributed by atoms with Gasteiger partial charge in [-0.3, -0.25) is 4.79 Å². The lowest BCUT2D eigenvalue weighted by Gasteiger charge is -2.07. The van der Waals surface area contributed by atoms with E-state index in [2.05, 4.69) is 26.2 Å². The van der Waals surface area contributed by atoms with Gasteiger partial charge in [-0.1, -0.05) is 15.9 Å². The third-order valence-electron chi connectivity index (χ3n) is 3.75. The van der Waals surface area contributed by atoms with Gasteiger partial charge in [0.25, 0.3) is 5.91 Å². The van der Waals surface area contributed by atoms with Crippen LogP contribution < -0.4 is 11.1 Å². The number of hydrogen-bond donors (Lipinski definition) is 2. The number of thiophene rings is 1. The van der Waals surface area contributed by atoms with Crippen LogP contribution in [0.4, 0.5) is 15.8 Å². The lowest BCUT2D eigenvalue weighted by Crippen LogP contribution is -2.21. The Balaban J connectivity index is 1.70. The summed E-state index contributed by atoms with van der Waals surface area (Å²) in [7, 11) is 0. The summed E-state index contributed by atoms with van der Waals surface area (Å²) in [6.45, 7) is 3.18. The van der Waals surface area contributed by atoms with Crippen molar-refractivity contribution in [2.24, 2.45) is 0 Å². The Kier molecular flexibility index (Phi) is 5.43. The van der Waals surface area contributed by atoms with E-state index >= 15 is 0 Å². The largest absolute Gasteiger partial charge is 0.451 e. The minimum Gasteiger partial charge on any atom is -0.451 e. The molecule has 0 atom stereocenters. The van der Waals surface area contributed by atoms with Gasteiger partial charge in [-0.25, -0.2) is 14.2 Å². The van der Waals surface area contributed by atoms with Crippen LogP contribution in [0.3, 0.4) is 0 Å². The lowest BCUT2D eigenvalue weighted by molar-refractivity contribution is -0.119. The molecule has 27 heavy (non-hydrogen) atoms. The number of halogens is 2. The molecular formula is C18H15BrFN3O3S. The quantitative estimate of drug-likeness (QED) is 0.579. The van der Waals surface area contributed by atoms with E-state index in [0.717, 1.165) is 22.6 Å². The first-order chi connectivity index (χ1) is 12.8. The second-order valence-corrected chi connectivity index (χ2v) is 7.77. The Morgan fingerprint density at radius 1 is 1.33 bits per heavy atom. The number of pyridine rings is 1. The molecular weight excluding hydrogens is 437 g/mol. The van der Waals surface area contributed by atoms with Crippen LogP contribution in [0.2, 0.25) is 0 Å². The van der Waals surface area contributed by atoms with Crippen molar-refractivity contribution in [1.82, 2.24) is 4.98 Å². The van der Waals surface area contributed by atoms with E-state index in [9.17, 15) is 14.0 Å². The number of anilines is 2. The molecule has 3 N–H and O–H groups in total. The number of aromatic nitrogens is 1. The van der Waals surface area contributed by atoms with Crippen molar-refractivity contribution in [3.05, 3.63) is 50.7 Å². The van der Waals surface area contributed by atoms with Crippen LogP contribution in [0.1, 0.15) is 20.9 Å². The third kappa shape index (κ3) is 4.09. The number of nitrogens with zero attached hydrogens (tertiary/aromatic N) is 1. The Hall–Kier alpha value is -2.52. The fraction of sp³-hybridized carbons (Fsp3) is 0.167. The number of nitrogens with two attached hydrogens (primary N) is 1. The first-order valence-corrected chi connectivity index (χ1v) is 9.45. The van der Waals surface area contributed by atoms with Gasteiger partial charge in [0, 0.05) is 15.6 Å². The molecule has 140 valence electrons.